The van der Waals surface area contributed by atoms with Gasteiger partial charge in [0.25, 0.3) is 5.91 Å². The lowest BCUT2D eigenvalue weighted by atomic mass is 10.2. The number of ether oxygens (including phenoxy) is 1. The van der Waals surface area contributed by atoms with Crippen LogP contribution >= 0.6 is 0 Å². The molecule has 1 saturated heterocycles. The first kappa shape index (κ1) is 21.3. The molecule has 1 aliphatic heterocycles. The van der Waals surface area contributed by atoms with Crippen molar-refractivity contribution in [3.63, 3.8) is 0 Å². The van der Waals surface area contributed by atoms with Crippen LogP contribution in [0.2, 0.25) is 0 Å². The van der Waals surface area contributed by atoms with Gasteiger partial charge in [-0.2, -0.15) is 4.31 Å². The average Bonchev–Trinajstić information content (AvgIpc) is 3.03. The van der Waals surface area contributed by atoms with Crippen LogP contribution in [0, 0.1) is 0 Å². The summed E-state index contributed by atoms with van der Waals surface area (Å²) < 4.78 is 32.7. The van der Waals surface area contributed by atoms with E-state index in [-0.39, 0.29) is 17.4 Å². The third-order valence-electron chi connectivity index (χ3n) is 5.08. The van der Waals surface area contributed by atoms with Crippen molar-refractivity contribution in [3.8, 4) is 5.75 Å². The number of benzene rings is 2. The van der Waals surface area contributed by atoms with Crippen molar-refractivity contribution < 1.29 is 17.9 Å². The lowest BCUT2D eigenvalue weighted by Crippen LogP contribution is -2.32. The van der Waals surface area contributed by atoms with Crippen LogP contribution in [0.4, 0.5) is 0 Å². The number of carbonyl (C=O) groups excluding carboxylic acids is 1. The van der Waals surface area contributed by atoms with E-state index in [9.17, 15) is 13.2 Å². The van der Waals surface area contributed by atoms with E-state index in [0.29, 0.717) is 25.4 Å². The lowest BCUT2D eigenvalue weighted by Gasteiger charge is -2.20. The van der Waals surface area contributed by atoms with Crippen LogP contribution in [-0.2, 0) is 21.4 Å². The molecule has 7 heteroatoms. The van der Waals surface area contributed by atoms with E-state index in [2.05, 4.69) is 0 Å². The number of sulfonamides is 1. The molecule has 0 bridgehead atoms. The van der Waals surface area contributed by atoms with Crippen LogP contribution in [0.15, 0.2) is 59.5 Å². The topological polar surface area (TPSA) is 66.9 Å². The van der Waals surface area contributed by atoms with E-state index in [4.69, 9.17) is 4.74 Å². The van der Waals surface area contributed by atoms with Crippen molar-refractivity contribution in [1.82, 2.24) is 9.21 Å². The Balaban J connectivity index is 1.55. The normalized spacial score (nSPS) is 15.5. The molecule has 156 valence electrons. The van der Waals surface area contributed by atoms with E-state index in [1.165, 1.54) is 0 Å². The Bertz CT molecular complexity index is 890. The highest BCUT2D eigenvalue weighted by Crippen LogP contribution is 2.22. The summed E-state index contributed by atoms with van der Waals surface area (Å²) in [6.07, 6.45) is 3.95. The van der Waals surface area contributed by atoms with Crippen molar-refractivity contribution in [2.24, 2.45) is 0 Å². The van der Waals surface area contributed by atoms with Crippen LogP contribution in [0.3, 0.4) is 0 Å². The van der Waals surface area contributed by atoms with Crippen LogP contribution < -0.4 is 4.74 Å². The zero-order chi connectivity index (χ0) is 20.7. The summed E-state index contributed by atoms with van der Waals surface area (Å²) in [5, 5.41) is 0. The van der Waals surface area contributed by atoms with Crippen LogP contribution in [0.1, 0.15) is 31.2 Å². The minimum Gasteiger partial charge on any atom is -0.484 e. The van der Waals surface area contributed by atoms with Crippen molar-refractivity contribution in [2.75, 3.05) is 26.7 Å². The molecule has 29 heavy (non-hydrogen) atoms. The fraction of sp³-hybridized carbons (Fsp3) is 0.409. The van der Waals surface area contributed by atoms with Gasteiger partial charge >= 0.3 is 0 Å². The van der Waals surface area contributed by atoms with Gasteiger partial charge in [-0.3, -0.25) is 4.79 Å². The highest BCUT2D eigenvalue weighted by molar-refractivity contribution is 7.89. The second kappa shape index (κ2) is 9.89. The maximum absolute atomic E-state index is 12.8. The van der Waals surface area contributed by atoms with E-state index in [1.807, 2.05) is 30.3 Å². The Hall–Kier alpha value is -2.38. The molecule has 1 fully saturated rings. The molecule has 0 saturated carbocycles. The summed E-state index contributed by atoms with van der Waals surface area (Å²) in [6.45, 7) is 1.56. The van der Waals surface area contributed by atoms with Gasteiger partial charge in [0, 0.05) is 26.7 Å². The standard InChI is InChI=1S/C22H28N2O4S/c1-23(17-19-9-5-4-6-10-19)22(25)18-28-20-11-13-21(14-12-20)29(26,27)24-15-7-2-3-8-16-24/h4-6,9-14H,2-3,7-8,15-18H2,1H3. The van der Waals surface area contributed by atoms with Gasteiger partial charge in [-0.1, -0.05) is 43.2 Å². The first-order chi connectivity index (χ1) is 14.0. The zero-order valence-electron chi connectivity index (χ0n) is 16.8. The molecule has 6 nitrogen and oxygen atoms in total. The second-order valence-electron chi connectivity index (χ2n) is 7.31. The molecule has 0 spiro atoms. The second-order valence-corrected chi connectivity index (χ2v) is 9.25. The number of hydrogen-bond donors (Lipinski definition) is 0. The Morgan fingerprint density at radius 3 is 2.21 bits per heavy atom. The van der Waals surface area contributed by atoms with Crippen molar-refractivity contribution in [3.05, 3.63) is 60.2 Å². The lowest BCUT2D eigenvalue weighted by molar-refractivity contribution is -0.132. The van der Waals surface area contributed by atoms with Gasteiger partial charge in [-0.15, -0.1) is 0 Å². The largest absolute Gasteiger partial charge is 0.484 e. The Kier molecular flexibility index (Phi) is 7.28. The molecule has 0 unspecified atom stereocenters. The molecule has 0 radical (unpaired) electrons. The molecule has 2 aromatic carbocycles. The van der Waals surface area contributed by atoms with E-state index in [1.54, 1.807) is 40.5 Å². The van der Waals surface area contributed by atoms with Gasteiger partial charge in [0.1, 0.15) is 5.75 Å². The number of amides is 1. The minimum atomic E-state index is -3.48. The van der Waals surface area contributed by atoms with Gasteiger partial charge in [-0.25, -0.2) is 8.42 Å². The van der Waals surface area contributed by atoms with Crippen LogP contribution in [0.5, 0.6) is 5.75 Å². The summed E-state index contributed by atoms with van der Waals surface area (Å²) in [7, 11) is -1.75. The molecule has 1 amide bonds. The van der Waals surface area contributed by atoms with Crippen molar-refractivity contribution in [1.29, 1.82) is 0 Å². The number of carbonyl (C=O) groups is 1. The molecule has 3 rings (SSSR count). The first-order valence-corrected chi connectivity index (χ1v) is 11.4. The number of likely N-dealkylation sites (N-methyl/N-ethyl adjacent to an activating group) is 1. The summed E-state index contributed by atoms with van der Waals surface area (Å²) >= 11 is 0. The molecule has 0 N–H and O–H groups in total. The van der Waals surface area contributed by atoms with E-state index >= 15 is 0 Å². The third kappa shape index (κ3) is 5.81. The smallest absolute Gasteiger partial charge is 0.260 e. The summed E-state index contributed by atoms with van der Waals surface area (Å²) in [4.78, 5) is 14.2. The van der Waals surface area contributed by atoms with Crippen molar-refractivity contribution in [2.45, 2.75) is 37.1 Å². The Morgan fingerprint density at radius 1 is 0.966 bits per heavy atom. The maximum Gasteiger partial charge on any atom is 0.260 e. The molecule has 1 heterocycles. The van der Waals surface area contributed by atoms with E-state index < -0.39 is 10.0 Å². The molecule has 0 aliphatic carbocycles. The van der Waals surface area contributed by atoms with Crippen molar-refractivity contribution >= 4 is 15.9 Å². The quantitative estimate of drug-likeness (QED) is 0.695. The van der Waals surface area contributed by atoms with E-state index in [0.717, 1.165) is 31.2 Å². The maximum atomic E-state index is 12.8. The zero-order valence-corrected chi connectivity index (χ0v) is 17.6. The highest BCUT2D eigenvalue weighted by Gasteiger charge is 2.25. The minimum absolute atomic E-state index is 0.0957. The Labute approximate surface area is 173 Å². The summed E-state index contributed by atoms with van der Waals surface area (Å²) in [5.74, 6) is 0.330. The molecule has 0 aromatic heterocycles. The average molecular weight is 417 g/mol. The van der Waals surface area contributed by atoms with Gasteiger partial charge in [0.15, 0.2) is 6.61 Å². The fourth-order valence-corrected chi connectivity index (χ4v) is 4.86. The fourth-order valence-electron chi connectivity index (χ4n) is 3.34. The number of nitrogens with zero attached hydrogens (tertiary/aromatic N) is 2. The predicted octanol–water partition coefficient (Wildman–Crippen LogP) is 3.29. The Morgan fingerprint density at radius 2 is 1.59 bits per heavy atom. The molecule has 1 aliphatic rings. The molecule has 0 atom stereocenters. The van der Waals surface area contributed by atoms with Gasteiger partial charge in [0.05, 0.1) is 4.90 Å². The molecular formula is C22H28N2O4S. The van der Waals surface area contributed by atoms with Crippen LogP contribution in [0.25, 0.3) is 0 Å². The number of hydrogen-bond acceptors (Lipinski definition) is 4. The molecule has 2 aromatic rings. The third-order valence-corrected chi connectivity index (χ3v) is 6.99. The van der Waals surface area contributed by atoms with Crippen LogP contribution in [-0.4, -0.2) is 50.3 Å². The summed E-state index contributed by atoms with van der Waals surface area (Å²) in [5.41, 5.74) is 1.05. The predicted molar refractivity (Wildman–Crippen MR) is 112 cm³/mol. The summed E-state index contributed by atoms with van der Waals surface area (Å²) in [6, 6.07) is 16.1. The first-order valence-electron chi connectivity index (χ1n) is 9.98. The van der Waals surface area contributed by atoms with Gasteiger partial charge in [-0.05, 0) is 42.7 Å². The molecular weight excluding hydrogens is 388 g/mol. The van der Waals surface area contributed by atoms with Gasteiger partial charge in [0.2, 0.25) is 10.0 Å². The highest BCUT2D eigenvalue weighted by atomic mass is 32.2. The SMILES string of the molecule is CN(Cc1ccccc1)C(=O)COc1ccc(S(=O)(=O)N2CCCCCC2)cc1. The number of rotatable bonds is 7. The van der Waals surface area contributed by atoms with Gasteiger partial charge < -0.3 is 9.64 Å². The monoisotopic (exact) mass is 416 g/mol.